The van der Waals surface area contributed by atoms with Crippen LogP contribution < -0.4 is 0 Å². The standard InChI is InChI=1S/C32H47N3O4/c1-23-17-31(5,38-7)18-24(2)28(36)30(3,4)29(37)39-32(22-34(6)20-23)11-14-35(15-12-32)21-25-8-9-27-19-33-13-10-26(27)16-25/h8-10,13,16,19,23-24H,11-12,14-15,17-18,20-22H2,1-7H3/t23?,24-,31-/m1/s1. The average molecular weight is 538 g/mol. The first-order valence-corrected chi connectivity index (χ1v) is 14.4. The summed E-state index contributed by atoms with van der Waals surface area (Å²) < 4.78 is 12.3. The van der Waals surface area contributed by atoms with Gasteiger partial charge in [0.2, 0.25) is 0 Å². The van der Waals surface area contributed by atoms with Crippen molar-refractivity contribution in [1.29, 1.82) is 0 Å². The number of esters is 1. The first-order chi connectivity index (χ1) is 18.3. The molecule has 1 aromatic carbocycles. The van der Waals surface area contributed by atoms with Crippen LogP contribution in [0.25, 0.3) is 10.8 Å². The molecule has 2 aliphatic heterocycles. The molecule has 0 radical (unpaired) electrons. The number of piperidine rings is 1. The van der Waals surface area contributed by atoms with Crippen LogP contribution in [0.5, 0.6) is 0 Å². The molecule has 0 saturated carbocycles. The molecule has 3 atom stereocenters. The Morgan fingerprint density at radius 2 is 1.77 bits per heavy atom. The maximum absolute atomic E-state index is 13.7. The topological polar surface area (TPSA) is 72.0 Å². The van der Waals surface area contributed by atoms with Crippen molar-refractivity contribution in [2.24, 2.45) is 17.3 Å². The van der Waals surface area contributed by atoms with Crippen molar-refractivity contribution in [1.82, 2.24) is 14.8 Å². The normalized spacial score (nSPS) is 29.4. The highest BCUT2D eigenvalue weighted by molar-refractivity contribution is 6.04. The van der Waals surface area contributed by atoms with Gasteiger partial charge in [0.1, 0.15) is 11.0 Å². The molecule has 1 aromatic heterocycles. The predicted octanol–water partition coefficient (Wildman–Crippen LogP) is 5.11. The van der Waals surface area contributed by atoms with E-state index in [4.69, 9.17) is 9.47 Å². The van der Waals surface area contributed by atoms with Gasteiger partial charge in [-0.15, -0.1) is 0 Å². The Balaban J connectivity index is 1.53. The van der Waals surface area contributed by atoms with Crippen LogP contribution >= 0.6 is 0 Å². The van der Waals surface area contributed by atoms with Crippen molar-refractivity contribution in [2.75, 3.05) is 40.3 Å². The number of ether oxygens (including phenoxy) is 2. The fraction of sp³-hybridized carbons (Fsp3) is 0.656. The van der Waals surface area contributed by atoms with E-state index in [1.54, 1.807) is 21.0 Å². The Labute approximate surface area is 234 Å². The summed E-state index contributed by atoms with van der Waals surface area (Å²) >= 11 is 0. The molecular weight excluding hydrogens is 490 g/mol. The third-order valence-corrected chi connectivity index (χ3v) is 8.95. The van der Waals surface area contributed by atoms with E-state index in [1.807, 2.05) is 25.4 Å². The third kappa shape index (κ3) is 6.87. The molecule has 2 aliphatic rings. The number of hydrogen-bond donors (Lipinski definition) is 0. The number of likely N-dealkylation sites (tertiary alicyclic amines) is 1. The van der Waals surface area contributed by atoms with E-state index >= 15 is 0 Å². The van der Waals surface area contributed by atoms with E-state index in [1.165, 1.54) is 10.9 Å². The Morgan fingerprint density at radius 3 is 2.46 bits per heavy atom. The Hall–Kier alpha value is -2.35. The fourth-order valence-electron chi connectivity index (χ4n) is 6.82. The summed E-state index contributed by atoms with van der Waals surface area (Å²) in [6, 6.07) is 8.59. The zero-order valence-corrected chi connectivity index (χ0v) is 25.0. The molecule has 4 rings (SSSR count). The molecule has 7 nitrogen and oxygen atoms in total. The molecule has 2 aromatic rings. The minimum atomic E-state index is -1.21. The molecule has 0 aliphatic carbocycles. The number of benzene rings is 1. The zero-order valence-electron chi connectivity index (χ0n) is 25.0. The summed E-state index contributed by atoms with van der Waals surface area (Å²) in [6.07, 6.45) is 6.64. The number of carbonyl (C=O) groups excluding carboxylic acids is 2. The molecule has 2 fully saturated rings. The van der Waals surface area contributed by atoms with Crippen LogP contribution in [0, 0.1) is 17.3 Å². The van der Waals surface area contributed by atoms with E-state index in [0.717, 1.165) is 50.8 Å². The van der Waals surface area contributed by atoms with Crippen LogP contribution in [-0.2, 0) is 25.6 Å². The number of ketones is 1. The lowest BCUT2D eigenvalue weighted by atomic mass is 9.76. The monoisotopic (exact) mass is 537 g/mol. The van der Waals surface area contributed by atoms with Gasteiger partial charge in [0.05, 0.1) is 5.60 Å². The maximum atomic E-state index is 13.7. The minimum absolute atomic E-state index is 0.0740. The lowest BCUT2D eigenvalue weighted by molar-refractivity contribution is -0.180. The first-order valence-electron chi connectivity index (χ1n) is 14.4. The number of methoxy groups -OCH3 is 1. The number of hydrogen-bond acceptors (Lipinski definition) is 7. The second-order valence-electron chi connectivity index (χ2n) is 13.2. The minimum Gasteiger partial charge on any atom is -0.457 e. The number of rotatable bonds is 3. The van der Waals surface area contributed by atoms with Crippen LogP contribution in [0.15, 0.2) is 36.7 Å². The van der Waals surface area contributed by atoms with Gasteiger partial charge in [-0.05, 0) is 69.7 Å². The van der Waals surface area contributed by atoms with Gasteiger partial charge in [0.25, 0.3) is 0 Å². The van der Waals surface area contributed by atoms with E-state index < -0.39 is 22.6 Å². The lowest BCUT2D eigenvalue weighted by Gasteiger charge is -2.44. The van der Waals surface area contributed by atoms with Crippen molar-refractivity contribution in [3.8, 4) is 0 Å². The molecule has 1 unspecified atom stereocenters. The molecule has 0 bridgehead atoms. The molecule has 3 heterocycles. The SMILES string of the molecule is CO[C@]1(C)CC(C)CN(C)CC2(CCN(Cc3ccc4cnccc4c3)CC2)OC(=O)C(C)(C)C(=O)[C@H](C)C1. The van der Waals surface area contributed by atoms with E-state index in [2.05, 4.69) is 53.9 Å². The van der Waals surface area contributed by atoms with Crippen LogP contribution in [0.1, 0.15) is 65.9 Å². The highest BCUT2D eigenvalue weighted by atomic mass is 16.6. The lowest BCUT2D eigenvalue weighted by Crippen LogP contribution is -2.55. The van der Waals surface area contributed by atoms with Gasteiger partial charge in [-0.3, -0.25) is 19.5 Å². The van der Waals surface area contributed by atoms with Crippen LogP contribution in [0.2, 0.25) is 0 Å². The summed E-state index contributed by atoms with van der Waals surface area (Å²) in [5.41, 5.74) is -0.983. The molecule has 7 heteroatoms. The van der Waals surface area contributed by atoms with Crippen LogP contribution in [0.3, 0.4) is 0 Å². The van der Waals surface area contributed by atoms with Gasteiger partial charge in [-0.25, -0.2) is 0 Å². The second kappa shape index (κ2) is 11.6. The number of carbonyl (C=O) groups is 2. The molecule has 0 N–H and O–H groups in total. The number of Topliss-reactive ketones (excluding diaryl/α,β-unsaturated/α-hetero) is 1. The summed E-state index contributed by atoms with van der Waals surface area (Å²) in [5.74, 6) is -0.420. The number of likely N-dealkylation sites (N-methyl/N-ethyl adjacent to an activating group) is 1. The number of aromatic nitrogens is 1. The highest BCUT2D eigenvalue weighted by Crippen LogP contribution is 2.37. The van der Waals surface area contributed by atoms with Gasteiger partial charge in [0.15, 0.2) is 5.78 Å². The molecule has 0 amide bonds. The van der Waals surface area contributed by atoms with Crippen molar-refractivity contribution >= 4 is 22.5 Å². The first kappa shape index (κ1) is 29.6. The molecular formula is C32H47N3O4. The smallest absolute Gasteiger partial charge is 0.319 e. The van der Waals surface area contributed by atoms with Crippen LogP contribution in [-0.4, -0.2) is 78.1 Å². The zero-order chi connectivity index (χ0) is 28.4. The van der Waals surface area contributed by atoms with Gasteiger partial charge >= 0.3 is 5.97 Å². The van der Waals surface area contributed by atoms with Crippen molar-refractivity contribution in [2.45, 2.75) is 78.0 Å². The Morgan fingerprint density at radius 1 is 1.05 bits per heavy atom. The summed E-state index contributed by atoms with van der Waals surface area (Å²) in [7, 11) is 3.84. The largest absolute Gasteiger partial charge is 0.457 e. The molecule has 2 saturated heterocycles. The quantitative estimate of drug-likeness (QED) is 0.398. The Kier molecular flexibility index (Phi) is 8.84. The summed E-state index contributed by atoms with van der Waals surface area (Å²) in [4.78, 5) is 36.2. The van der Waals surface area contributed by atoms with Crippen molar-refractivity contribution in [3.05, 3.63) is 42.2 Å². The van der Waals surface area contributed by atoms with Gasteiger partial charge < -0.3 is 14.4 Å². The van der Waals surface area contributed by atoms with Crippen molar-refractivity contribution in [3.63, 3.8) is 0 Å². The fourth-order valence-corrected chi connectivity index (χ4v) is 6.82. The third-order valence-electron chi connectivity index (χ3n) is 8.95. The van der Waals surface area contributed by atoms with E-state index in [0.29, 0.717) is 18.9 Å². The number of pyridine rings is 1. The second-order valence-corrected chi connectivity index (χ2v) is 13.2. The van der Waals surface area contributed by atoms with Crippen LogP contribution in [0.4, 0.5) is 0 Å². The van der Waals surface area contributed by atoms with Gasteiger partial charge in [-0.2, -0.15) is 0 Å². The molecule has 39 heavy (non-hydrogen) atoms. The molecule has 214 valence electrons. The number of nitrogens with zero attached hydrogens (tertiary/aromatic N) is 3. The number of fused-ring (bicyclic) bond motifs is 1. The van der Waals surface area contributed by atoms with E-state index in [-0.39, 0.29) is 11.7 Å². The van der Waals surface area contributed by atoms with Gasteiger partial charge in [-0.1, -0.05) is 26.0 Å². The summed E-state index contributed by atoms with van der Waals surface area (Å²) in [6.45, 7) is 13.7. The highest BCUT2D eigenvalue weighted by Gasteiger charge is 2.47. The maximum Gasteiger partial charge on any atom is 0.319 e. The average Bonchev–Trinajstić information content (AvgIpc) is 2.88. The predicted molar refractivity (Wildman–Crippen MR) is 154 cm³/mol. The summed E-state index contributed by atoms with van der Waals surface area (Å²) in [5, 5.41) is 2.34. The van der Waals surface area contributed by atoms with Crippen molar-refractivity contribution < 1.29 is 19.1 Å². The van der Waals surface area contributed by atoms with Gasteiger partial charge in [0, 0.05) is 76.4 Å². The van der Waals surface area contributed by atoms with E-state index in [9.17, 15) is 9.59 Å². The molecule has 1 spiro atoms. The Bertz CT molecular complexity index is 1170.